The molecule has 8 heteroatoms. The summed E-state index contributed by atoms with van der Waals surface area (Å²) in [6.07, 6.45) is -4.64. The summed E-state index contributed by atoms with van der Waals surface area (Å²) in [6, 6.07) is 6.02. The SMILES string of the molecule is CC(C)(C)OC(=O)N1CC[C@@H](n2c(C(F)(F)F)nc3ccccc32)C1. The lowest BCUT2D eigenvalue weighted by Gasteiger charge is -2.24. The lowest BCUT2D eigenvalue weighted by Crippen LogP contribution is -2.35. The molecule has 2 aromatic rings. The largest absolute Gasteiger partial charge is 0.449 e. The molecule has 1 saturated heterocycles. The molecular formula is C17H20F3N3O2. The first kappa shape index (κ1) is 17.6. The highest BCUT2D eigenvalue weighted by molar-refractivity contribution is 5.76. The van der Waals surface area contributed by atoms with Crippen LogP contribution in [0.2, 0.25) is 0 Å². The van der Waals surface area contributed by atoms with Gasteiger partial charge in [0, 0.05) is 13.1 Å². The molecule has 25 heavy (non-hydrogen) atoms. The zero-order valence-electron chi connectivity index (χ0n) is 14.3. The number of para-hydroxylation sites is 2. The van der Waals surface area contributed by atoms with E-state index in [1.807, 2.05) is 0 Å². The van der Waals surface area contributed by atoms with Gasteiger partial charge in [0.05, 0.1) is 17.1 Å². The van der Waals surface area contributed by atoms with Gasteiger partial charge in [-0.15, -0.1) is 0 Å². The van der Waals surface area contributed by atoms with Crippen molar-refractivity contribution in [1.29, 1.82) is 0 Å². The molecule has 2 heterocycles. The van der Waals surface area contributed by atoms with Gasteiger partial charge >= 0.3 is 12.3 Å². The molecule has 136 valence electrons. The number of ether oxygens (including phenoxy) is 1. The van der Waals surface area contributed by atoms with Gasteiger partial charge in [0.25, 0.3) is 0 Å². The molecule has 0 unspecified atom stereocenters. The van der Waals surface area contributed by atoms with Crippen LogP contribution in [0, 0.1) is 0 Å². The van der Waals surface area contributed by atoms with Crippen molar-refractivity contribution in [3.63, 3.8) is 0 Å². The minimum atomic E-state index is -4.56. The van der Waals surface area contributed by atoms with Crippen molar-refractivity contribution in [2.75, 3.05) is 13.1 Å². The van der Waals surface area contributed by atoms with E-state index in [-0.39, 0.29) is 6.54 Å². The average Bonchev–Trinajstić information content (AvgIpc) is 3.09. The Morgan fingerprint density at radius 3 is 2.56 bits per heavy atom. The number of benzene rings is 1. The predicted molar refractivity (Wildman–Crippen MR) is 86.2 cm³/mol. The monoisotopic (exact) mass is 355 g/mol. The van der Waals surface area contributed by atoms with Crippen LogP contribution in [0.3, 0.4) is 0 Å². The number of imidazole rings is 1. The summed E-state index contributed by atoms with van der Waals surface area (Å²) in [5.41, 5.74) is 0.0741. The molecule has 0 spiro atoms. The number of nitrogens with zero attached hydrogens (tertiary/aromatic N) is 3. The number of rotatable bonds is 1. The van der Waals surface area contributed by atoms with Crippen molar-refractivity contribution in [3.05, 3.63) is 30.1 Å². The van der Waals surface area contributed by atoms with Crippen molar-refractivity contribution in [2.45, 2.75) is 45.0 Å². The lowest BCUT2D eigenvalue weighted by molar-refractivity contribution is -0.147. The molecule has 3 rings (SSSR count). The molecule has 0 bridgehead atoms. The fourth-order valence-corrected chi connectivity index (χ4v) is 3.06. The second-order valence-corrected chi connectivity index (χ2v) is 7.16. The Kier molecular flexibility index (Phi) is 4.17. The molecule has 1 amide bonds. The van der Waals surface area contributed by atoms with Crippen LogP contribution in [-0.2, 0) is 10.9 Å². The van der Waals surface area contributed by atoms with Crippen LogP contribution in [-0.4, -0.2) is 39.2 Å². The Balaban J connectivity index is 1.91. The summed E-state index contributed by atoms with van der Waals surface area (Å²) >= 11 is 0. The van der Waals surface area contributed by atoms with E-state index in [1.165, 1.54) is 9.47 Å². The molecule has 1 aromatic heterocycles. The number of amides is 1. The van der Waals surface area contributed by atoms with Gasteiger partial charge in [-0.3, -0.25) is 0 Å². The highest BCUT2D eigenvalue weighted by atomic mass is 19.4. The van der Waals surface area contributed by atoms with Crippen molar-refractivity contribution in [1.82, 2.24) is 14.5 Å². The summed E-state index contributed by atoms with van der Waals surface area (Å²) < 4.78 is 46.8. The zero-order valence-corrected chi connectivity index (χ0v) is 14.3. The highest BCUT2D eigenvalue weighted by Gasteiger charge is 2.41. The maximum Gasteiger partial charge on any atom is 0.449 e. The predicted octanol–water partition coefficient (Wildman–Crippen LogP) is 4.24. The Bertz CT molecular complexity index is 793. The molecule has 0 N–H and O–H groups in total. The van der Waals surface area contributed by atoms with E-state index in [1.54, 1.807) is 45.0 Å². The number of carbonyl (C=O) groups excluding carboxylic acids is 1. The Hall–Kier alpha value is -2.25. The minimum Gasteiger partial charge on any atom is -0.444 e. The zero-order chi connectivity index (χ0) is 18.4. The van der Waals surface area contributed by atoms with Gasteiger partial charge in [-0.25, -0.2) is 9.78 Å². The van der Waals surface area contributed by atoms with Gasteiger partial charge in [0.1, 0.15) is 5.60 Å². The lowest BCUT2D eigenvalue weighted by atomic mass is 10.2. The van der Waals surface area contributed by atoms with Gasteiger partial charge in [0.15, 0.2) is 0 Å². The van der Waals surface area contributed by atoms with Crippen molar-refractivity contribution < 1.29 is 22.7 Å². The molecule has 1 aliphatic rings. The minimum absolute atomic E-state index is 0.165. The summed E-state index contributed by atoms with van der Waals surface area (Å²) in [5.74, 6) is -0.926. The first-order valence-electron chi connectivity index (χ1n) is 8.08. The standard InChI is InChI=1S/C17H20F3N3O2/c1-16(2,3)25-15(24)22-9-8-11(10-22)23-13-7-5-4-6-12(13)21-14(23)17(18,19)20/h4-7,11H,8-10H2,1-3H3/t11-/m1/s1. The molecule has 1 atom stereocenters. The third-order valence-electron chi connectivity index (χ3n) is 4.03. The number of fused-ring (bicyclic) bond motifs is 1. The topological polar surface area (TPSA) is 47.4 Å². The second-order valence-electron chi connectivity index (χ2n) is 7.16. The van der Waals surface area contributed by atoms with Crippen molar-refractivity contribution in [2.24, 2.45) is 0 Å². The Labute approximate surface area is 143 Å². The molecule has 1 aliphatic heterocycles. The van der Waals surface area contributed by atoms with Gasteiger partial charge in [-0.05, 0) is 39.3 Å². The molecule has 1 aromatic carbocycles. The van der Waals surface area contributed by atoms with Crippen molar-refractivity contribution >= 4 is 17.1 Å². The van der Waals surface area contributed by atoms with E-state index in [9.17, 15) is 18.0 Å². The number of hydrogen-bond donors (Lipinski definition) is 0. The summed E-state index contributed by atoms with van der Waals surface area (Å²) in [5, 5.41) is 0. The molecule has 1 fully saturated rings. The van der Waals surface area contributed by atoms with Crippen LogP contribution in [0.1, 0.15) is 39.1 Å². The Morgan fingerprint density at radius 1 is 1.24 bits per heavy atom. The fraction of sp³-hybridized carbons (Fsp3) is 0.529. The third-order valence-corrected chi connectivity index (χ3v) is 4.03. The number of hydrogen-bond acceptors (Lipinski definition) is 3. The quantitative estimate of drug-likeness (QED) is 0.769. The summed E-state index contributed by atoms with van der Waals surface area (Å²) in [6.45, 7) is 5.78. The van der Waals surface area contributed by atoms with Crippen molar-refractivity contribution in [3.8, 4) is 0 Å². The highest BCUT2D eigenvalue weighted by Crippen LogP contribution is 2.36. The Morgan fingerprint density at radius 2 is 1.92 bits per heavy atom. The van der Waals surface area contributed by atoms with Crippen LogP contribution >= 0.6 is 0 Å². The molecule has 5 nitrogen and oxygen atoms in total. The summed E-state index contributed by atoms with van der Waals surface area (Å²) in [4.78, 5) is 17.4. The van der Waals surface area contributed by atoms with Crippen LogP contribution in [0.25, 0.3) is 11.0 Å². The van der Waals surface area contributed by atoms with Gasteiger partial charge in [0.2, 0.25) is 5.82 Å². The molecular weight excluding hydrogens is 335 g/mol. The molecule has 0 aliphatic carbocycles. The van der Waals surface area contributed by atoms with E-state index in [0.29, 0.717) is 24.0 Å². The first-order valence-corrected chi connectivity index (χ1v) is 8.08. The normalized spacial score (nSPS) is 18.8. The number of carbonyl (C=O) groups is 1. The van der Waals surface area contributed by atoms with E-state index < -0.39 is 29.7 Å². The van der Waals surface area contributed by atoms with Crippen LogP contribution in [0.4, 0.5) is 18.0 Å². The fourth-order valence-electron chi connectivity index (χ4n) is 3.06. The van der Waals surface area contributed by atoms with Crippen LogP contribution in [0.5, 0.6) is 0 Å². The van der Waals surface area contributed by atoms with Gasteiger partial charge in [-0.1, -0.05) is 12.1 Å². The number of halogens is 3. The first-order chi connectivity index (χ1) is 11.6. The number of likely N-dealkylation sites (tertiary alicyclic amines) is 1. The maximum absolute atomic E-state index is 13.4. The van der Waals surface area contributed by atoms with E-state index in [0.717, 1.165) is 0 Å². The number of alkyl halides is 3. The van der Waals surface area contributed by atoms with Crippen LogP contribution < -0.4 is 0 Å². The van der Waals surface area contributed by atoms with E-state index in [2.05, 4.69) is 4.98 Å². The average molecular weight is 355 g/mol. The maximum atomic E-state index is 13.4. The third kappa shape index (κ3) is 3.57. The second kappa shape index (κ2) is 5.93. The van der Waals surface area contributed by atoms with Gasteiger partial charge < -0.3 is 14.2 Å². The van der Waals surface area contributed by atoms with Crippen LogP contribution in [0.15, 0.2) is 24.3 Å². The van der Waals surface area contributed by atoms with E-state index >= 15 is 0 Å². The summed E-state index contributed by atoms with van der Waals surface area (Å²) in [7, 11) is 0. The van der Waals surface area contributed by atoms with Gasteiger partial charge in [-0.2, -0.15) is 13.2 Å². The van der Waals surface area contributed by atoms with E-state index in [4.69, 9.17) is 4.74 Å². The molecule has 0 saturated carbocycles. The number of aromatic nitrogens is 2. The smallest absolute Gasteiger partial charge is 0.444 e. The molecule has 0 radical (unpaired) electrons.